The third-order valence-corrected chi connectivity index (χ3v) is 2.00. The molecule has 0 unspecified atom stereocenters. The lowest BCUT2D eigenvalue weighted by Gasteiger charge is -2.20. The average Bonchev–Trinajstić information content (AvgIpc) is 2.26. The molecule has 0 spiro atoms. The molecular weight excluding hydrogens is 210 g/mol. The van der Waals surface area contributed by atoms with Gasteiger partial charge in [-0.2, -0.15) is 0 Å². The van der Waals surface area contributed by atoms with Crippen LogP contribution in [-0.4, -0.2) is 49.6 Å². The monoisotopic (exact) mass is 231 g/mol. The van der Waals surface area contributed by atoms with Crippen LogP contribution in [0.3, 0.4) is 0 Å². The normalized spacial score (nSPS) is 9.94. The van der Waals surface area contributed by atoms with Gasteiger partial charge >= 0.3 is 5.97 Å². The minimum Gasteiger partial charge on any atom is -0.466 e. The second kappa shape index (κ2) is 9.11. The quantitative estimate of drug-likeness (QED) is 0.526. The number of amides is 1. The molecule has 0 rings (SSSR count). The van der Waals surface area contributed by atoms with Crippen LogP contribution in [0, 0.1) is 0 Å². The van der Waals surface area contributed by atoms with Crippen molar-refractivity contribution in [1.82, 2.24) is 4.90 Å². The van der Waals surface area contributed by atoms with E-state index in [-0.39, 0.29) is 24.7 Å². The summed E-state index contributed by atoms with van der Waals surface area (Å²) in [6.07, 6.45) is 0.261. The van der Waals surface area contributed by atoms with Gasteiger partial charge in [-0.1, -0.05) is 0 Å². The average molecular weight is 231 g/mol. The van der Waals surface area contributed by atoms with Gasteiger partial charge in [0.2, 0.25) is 5.91 Å². The number of nitrogens with zero attached hydrogens (tertiary/aromatic N) is 1. The van der Waals surface area contributed by atoms with Gasteiger partial charge in [0.15, 0.2) is 0 Å². The van der Waals surface area contributed by atoms with Gasteiger partial charge in [-0.3, -0.25) is 9.59 Å². The standard InChI is InChI=1S/C10H21N3O3/c1-2-16-10(15)4-3-9(14)13(7-5-11)8-6-12/h2-8,11-12H2,1H3. The topological polar surface area (TPSA) is 98.7 Å². The highest BCUT2D eigenvalue weighted by molar-refractivity contribution is 5.81. The van der Waals surface area contributed by atoms with Crippen molar-refractivity contribution in [3.8, 4) is 0 Å². The third kappa shape index (κ3) is 6.36. The number of carbonyl (C=O) groups is 2. The van der Waals surface area contributed by atoms with E-state index in [2.05, 4.69) is 0 Å². The molecule has 6 nitrogen and oxygen atoms in total. The van der Waals surface area contributed by atoms with Crippen LogP contribution in [0.25, 0.3) is 0 Å². The minimum absolute atomic E-state index is 0.107. The summed E-state index contributed by atoms with van der Waals surface area (Å²) in [4.78, 5) is 24.3. The Hall–Kier alpha value is -1.14. The van der Waals surface area contributed by atoms with E-state index in [9.17, 15) is 9.59 Å². The summed E-state index contributed by atoms with van der Waals surface area (Å²) in [6.45, 7) is 3.80. The van der Waals surface area contributed by atoms with Gasteiger partial charge < -0.3 is 21.1 Å². The first kappa shape index (κ1) is 14.9. The van der Waals surface area contributed by atoms with E-state index in [1.807, 2.05) is 0 Å². The number of carbonyl (C=O) groups excluding carboxylic acids is 2. The molecule has 0 bridgehead atoms. The third-order valence-electron chi connectivity index (χ3n) is 2.00. The van der Waals surface area contributed by atoms with Crippen LogP contribution in [0.5, 0.6) is 0 Å². The van der Waals surface area contributed by atoms with E-state index in [1.165, 1.54) is 0 Å². The Morgan fingerprint density at radius 3 is 2.12 bits per heavy atom. The van der Waals surface area contributed by atoms with Crippen molar-refractivity contribution >= 4 is 11.9 Å². The van der Waals surface area contributed by atoms with Gasteiger partial charge in [0, 0.05) is 32.6 Å². The molecular formula is C10H21N3O3. The first-order valence-electron chi connectivity index (χ1n) is 5.49. The minimum atomic E-state index is -0.351. The summed E-state index contributed by atoms with van der Waals surface area (Å²) in [5, 5.41) is 0. The highest BCUT2D eigenvalue weighted by Gasteiger charge is 2.13. The van der Waals surface area contributed by atoms with E-state index in [0.717, 1.165) is 0 Å². The molecule has 0 fully saturated rings. The van der Waals surface area contributed by atoms with Gasteiger partial charge in [0.25, 0.3) is 0 Å². The molecule has 0 aliphatic carbocycles. The molecule has 6 heteroatoms. The molecule has 0 aromatic heterocycles. The van der Waals surface area contributed by atoms with Crippen molar-refractivity contribution in [2.75, 3.05) is 32.8 Å². The van der Waals surface area contributed by atoms with Crippen molar-refractivity contribution in [3.05, 3.63) is 0 Å². The fraction of sp³-hybridized carbons (Fsp3) is 0.800. The van der Waals surface area contributed by atoms with E-state index in [4.69, 9.17) is 16.2 Å². The van der Waals surface area contributed by atoms with E-state index >= 15 is 0 Å². The summed E-state index contributed by atoms with van der Waals surface area (Å²) in [5.41, 5.74) is 10.7. The first-order chi connectivity index (χ1) is 7.65. The van der Waals surface area contributed by atoms with Crippen LogP contribution < -0.4 is 11.5 Å². The molecule has 94 valence electrons. The summed E-state index contributed by atoms with van der Waals surface area (Å²) in [6, 6.07) is 0. The lowest BCUT2D eigenvalue weighted by atomic mass is 10.2. The first-order valence-corrected chi connectivity index (χ1v) is 5.49. The Balaban J connectivity index is 3.94. The van der Waals surface area contributed by atoms with Crippen molar-refractivity contribution < 1.29 is 14.3 Å². The zero-order valence-corrected chi connectivity index (χ0v) is 9.78. The van der Waals surface area contributed by atoms with E-state index < -0.39 is 0 Å². The molecule has 4 N–H and O–H groups in total. The lowest BCUT2D eigenvalue weighted by Crippen LogP contribution is -2.38. The van der Waals surface area contributed by atoms with Crippen molar-refractivity contribution in [1.29, 1.82) is 0 Å². The maximum atomic E-state index is 11.6. The Labute approximate surface area is 95.9 Å². The van der Waals surface area contributed by atoms with Crippen LogP contribution in [0.1, 0.15) is 19.8 Å². The number of esters is 1. The number of rotatable bonds is 8. The van der Waals surface area contributed by atoms with Gasteiger partial charge in [0.05, 0.1) is 13.0 Å². The van der Waals surface area contributed by atoms with E-state index in [0.29, 0.717) is 32.8 Å². The van der Waals surface area contributed by atoms with Crippen LogP contribution in [0.2, 0.25) is 0 Å². The van der Waals surface area contributed by atoms with Crippen molar-refractivity contribution in [3.63, 3.8) is 0 Å². The Morgan fingerprint density at radius 1 is 1.12 bits per heavy atom. The molecule has 0 aliphatic rings. The zero-order valence-electron chi connectivity index (χ0n) is 9.78. The molecule has 0 radical (unpaired) electrons. The number of nitrogens with two attached hydrogens (primary N) is 2. The Kier molecular flexibility index (Phi) is 8.46. The van der Waals surface area contributed by atoms with Crippen LogP contribution in [-0.2, 0) is 14.3 Å². The predicted octanol–water partition coefficient (Wildman–Crippen LogP) is -0.924. The molecule has 0 saturated carbocycles. The largest absolute Gasteiger partial charge is 0.466 e. The molecule has 0 atom stereocenters. The predicted molar refractivity (Wildman–Crippen MR) is 60.6 cm³/mol. The van der Waals surface area contributed by atoms with Crippen molar-refractivity contribution in [2.45, 2.75) is 19.8 Å². The molecule has 1 amide bonds. The molecule has 0 saturated heterocycles. The van der Waals surface area contributed by atoms with Gasteiger partial charge in [0.1, 0.15) is 0 Å². The zero-order chi connectivity index (χ0) is 12.4. The summed E-state index contributed by atoms with van der Waals surface area (Å²) in [7, 11) is 0. The molecule has 0 aromatic carbocycles. The SMILES string of the molecule is CCOC(=O)CCC(=O)N(CCN)CCN. The molecule has 0 aliphatic heterocycles. The molecule has 16 heavy (non-hydrogen) atoms. The molecule has 0 heterocycles. The highest BCUT2D eigenvalue weighted by Crippen LogP contribution is 1.99. The van der Waals surface area contributed by atoms with Crippen LogP contribution in [0.4, 0.5) is 0 Å². The Morgan fingerprint density at radius 2 is 1.69 bits per heavy atom. The maximum absolute atomic E-state index is 11.6. The lowest BCUT2D eigenvalue weighted by molar-refractivity contribution is -0.145. The smallest absolute Gasteiger partial charge is 0.306 e. The number of hydrogen-bond donors (Lipinski definition) is 2. The van der Waals surface area contributed by atoms with Gasteiger partial charge in [-0.25, -0.2) is 0 Å². The maximum Gasteiger partial charge on any atom is 0.306 e. The van der Waals surface area contributed by atoms with Crippen molar-refractivity contribution in [2.24, 2.45) is 11.5 Å². The van der Waals surface area contributed by atoms with Crippen LogP contribution in [0.15, 0.2) is 0 Å². The van der Waals surface area contributed by atoms with Crippen LogP contribution >= 0.6 is 0 Å². The fourth-order valence-corrected chi connectivity index (χ4v) is 1.27. The highest BCUT2D eigenvalue weighted by atomic mass is 16.5. The van der Waals surface area contributed by atoms with Gasteiger partial charge in [-0.15, -0.1) is 0 Å². The summed E-state index contributed by atoms with van der Waals surface area (Å²) < 4.78 is 4.73. The molecule has 0 aromatic rings. The number of ether oxygens (including phenoxy) is 1. The number of hydrogen-bond acceptors (Lipinski definition) is 5. The van der Waals surface area contributed by atoms with Gasteiger partial charge in [-0.05, 0) is 6.92 Å². The van der Waals surface area contributed by atoms with E-state index in [1.54, 1.807) is 11.8 Å². The summed E-state index contributed by atoms with van der Waals surface area (Å²) in [5.74, 6) is -0.458. The fourth-order valence-electron chi connectivity index (χ4n) is 1.27. The summed E-state index contributed by atoms with van der Waals surface area (Å²) >= 11 is 0. The second-order valence-electron chi connectivity index (χ2n) is 3.26. The Bertz CT molecular complexity index is 215. The second-order valence-corrected chi connectivity index (χ2v) is 3.26.